The van der Waals surface area contributed by atoms with Gasteiger partial charge < -0.3 is 11.5 Å². The maximum Gasteiger partial charge on any atom is 0.220 e. The second-order valence-corrected chi connectivity index (χ2v) is 9.85. The molecule has 3 atom stereocenters. The van der Waals surface area contributed by atoms with Crippen LogP contribution in [0, 0.1) is 17.8 Å². The van der Waals surface area contributed by atoms with Crippen molar-refractivity contribution in [2.24, 2.45) is 29.2 Å². The number of rotatable bonds is 23. The predicted molar refractivity (Wildman–Crippen MR) is 134 cm³/mol. The van der Waals surface area contributed by atoms with Gasteiger partial charge in [0.25, 0.3) is 0 Å². The lowest BCUT2D eigenvalue weighted by Crippen LogP contribution is -2.32. The first-order valence-electron chi connectivity index (χ1n) is 13.5. The van der Waals surface area contributed by atoms with E-state index in [-0.39, 0.29) is 29.6 Å². The van der Waals surface area contributed by atoms with E-state index in [9.17, 15) is 9.59 Å². The van der Waals surface area contributed by atoms with E-state index in [4.69, 9.17) is 11.5 Å². The van der Waals surface area contributed by atoms with Crippen molar-refractivity contribution in [1.82, 2.24) is 0 Å². The van der Waals surface area contributed by atoms with E-state index in [0.29, 0.717) is 6.42 Å². The van der Waals surface area contributed by atoms with E-state index in [1.807, 2.05) is 0 Å². The highest BCUT2D eigenvalue weighted by molar-refractivity contribution is 5.78. The molecule has 0 bridgehead atoms. The fourth-order valence-electron chi connectivity index (χ4n) is 4.72. The highest BCUT2D eigenvalue weighted by Gasteiger charge is 2.27. The molecule has 0 aromatic rings. The van der Waals surface area contributed by atoms with Gasteiger partial charge in [0.1, 0.15) is 0 Å². The highest BCUT2D eigenvalue weighted by atomic mass is 16.1. The minimum Gasteiger partial charge on any atom is -0.369 e. The second kappa shape index (κ2) is 20.8. The fraction of sp³-hybridized carbons (Fsp3) is 0.926. The molecule has 4 N–H and O–H groups in total. The van der Waals surface area contributed by atoms with Gasteiger partial charge in [-0.05, 0) is 25.2 Å². The van der Waals surface area contributed by atoms with Gasteiger partial charge in [-0.3, -0.25) is 9.59 Å². The molecule has 0 aliphatic carbocycles. The molecule has 0 spiro atoms. The lowest BCUT2D eigenvalue weighted by molar-refractivity contribution is -0.126. The number of nitrogens with two attached hydrogens (primary N) is 2. The summed E-state index contributed by atoms with van der Waals surface area (Å²) in [5.74, 6) is -0.583. The van der Waals surface area contributed by atoms with E-state index < -0.39 is 0 Å². The quantitative estimate of drug-likeness (QED) is 0.164. The van der Waals surface area contributed by atoms with E-state index >= 15 is 0 Å². The van der Waals surface area contributed by atoms with Crippen LogP contribution in [0.25, 0.3) is 0 Å². The van der Waals surface area contributed by atoms with Crippen molar-refractivity contribution in [1.29, 1.82) is 0 Å². The van der Waals surface area contributed by atoms with Gasteiger partial charge in [-0.25, -0.2) is 0 Å². The van der Waals surface area contributed by atoms with Crippen LogP contribution in [0.2, 0.25) is 0 Å². The third-order valence-corrected chi connectivity index (χ3v) is 6.89. The Hall–Kier alpha value is -1.06. The van der Waals surface area contributed by atoms with E-state index in [1.54, 1.807) is 0 Å². The van der Waals surface area contributed by atoms with Crippen LogP contribution in [-0.4, -0.2) is 11.8 Å². The Morgan fingerprint density at radius 1 is 0.581 bits per heavy atom. The largest absolute Gasteiger partial charge is 0.369 e. The predicted octanol–water partition coefficient (Wildman–Crippen LogP) is 7.28. The van der Waals surface area contributed by atoms with Crippen LogP contribution in [0.3, 0.4) is 0 Å². The molecule has 184 valence electrons. The molecule has 4 nitrogen and oxygen atoms in total. The van der Waals surface area contributed by atoms with Crippen molar-refractivity contribution in [2.75, 3.05) is 0 Å². The van der Waals surface area contributed by atoms with E-state index in [0.717, 1.165) is 25.7 Å². The Labute approximate surface area is 193 Å². The molecule has 0 fully saturated rings. The van der Waals surface area contributed by atoms with Crippen molar-refractivity contribution in [3.8, 4) is 0 Å². The van der Waals surface area contributed by atoms with Gasteiger partial charge in [-0.15, -0.1) is 0 Å². The van der Waals surface area contributed by atoms with E-state index in [1.165, 1.54) is 89.9 Å². The maximum absolute atomic E-state index is 12.0. The molecule has 2 amide bonds. The number of carbonyl (C=O) groups is 2. The third-order valence-electron chi connectivity index (χ3n) is 6.89. The molecule has 3 unspecified atom stereocenters. The zero-order valence-corrected chi connectivity index (χ0v) is 21.1. The molecule has 0 aliphatic rings. The van der Waals surface area contributed by atoms with Crippen LogP contribution >= 0.6 is 0 Å². The van der Waals surface area contributed by atoms with Crippen LogP contribution in [0.4, 0.5) is 0 Å². The number of hydrogen-bond donors (Lipinski definition) is 2. The zero-order chi connectivity index (χ0) is 23.3. The van der Waals surface area contributed by atoms with Crippen LogP contribution in [0.15, 0.2) is 0 Å². The third kappa shape index (κ3) is 17.2. The molecule has 0 rings (SSSR count). The average Bonchev–Trinajstić information content (AvgIpc) is 2.73. The maximum atomic E-state index is 12.0. The average molecular weight is 439 g/mol. The summed E-state index contributed by atoms with van der Waals surface area (Å²) in [4.78, 5) is 24.0. The molecule has 0 radical (unpaired) electrons. The van der Waals surface area contributed by atoms with Crippen molar-refractivity contribution in [3.05, 3.63) is 0 Å². The summed E-state index contributed by atoms with van der Waals surface area (Å²) in [6.45, 7) is 6.55. The molecular formula is C27H54N2O2. The minimum atomic E-state index is -0.218. The van der Waals surface area contributed by atoms with Crippen LogP contribution in [-0.2, 0) is 9.59 Å². The molecular weight excluding hydrogens is 384 g/mol. The van der Waals surface area contributed by atoms with Crippen molar-refractivity contribution >= 4 is 11.8 Å². The number of carbonyl (C=O) groups excluding carboxylic acids is 2. The van der Waals surface area contributed by atoms with Gasteiger partial charge >= 0.3 is 0 Å². The molecule has 31 heavy (non-hydrogen) atoms. The van der Waals surface area contributed by atoms with Crippen molar-refractivity contribution in [2.45, 2.75) is 143 Å². The Morgan fingerprint density at radius 3 is 1.35 bits per heavy atom. The molecule has 0 aromatic carbocycles. The molecule has 0 aromatic heterocycles. The van der Waals surface area contributed by atoms with Gasteiger partial charge in [0.15, 0.2) is 0 Å². The number of unbranched alkanes of at least 4 members (excludes halogenated alkanes) is 14. The summed E-state index contributed by atoms with van der Waals surface area (Å²) in [6.07, 6.45) is 22.4. The summed E-state index contributed by atoms with van der Waals surface area (Å²) >= 11 is 0. The lowest BCUT2D eigenvalue weighted by atomic mass is 9.80. The number of amides is 2. The van der Waals surface area contributed by atoms with Crippen LogP contribution < -0.4 is 11.5 Å². The normalized spacial score (nSPS) is 14.3. The molecule has 0 saturated heterocycles. The summed E-state index contributed by atoms with van der Waals surface area (Å²) in [7, 11) is 0. The SMILES string of the molecule is CCCCCCCCCCC(CC(C)C(CCCCCCCCCC)C(N)=O)C(N)=O. The highest BCUT2D eigenvalue weighted by Crippen LogP contribution is 2.28. The topological polar surface area (TPSA) is 86.2 Å². The molecule has 0 saturated carbocycles. The van der Waals surface area contributed by atoms with E-state index in [2.05, 4.69) is 20.8 Å². The Bertz CT molecular complexity index is 439. The smallest absolute Gasteiger partial charge is 0.220 e. The summed E-state index contributed by atoms with van der Waals surface area (Å²) in [5.41, 5.74) is 11.4. The van der Waals surface area contributed by atoms with Gasteiger partial charge in [-0.1, -0.05) is 124 Å². The minimum absolute atomic E-state index is 0.119. The van der Waals surface area contributed by atoms with Gasteiger partial charge in [-0.2, -0.15) is 0 Å². The summed E-state index contributed by atoms with van der Waals surface area (Å²) < 4.78 is 0. The first-order valence-corrected chi connectivity index (χ1v) is 13.5. The molecule has 0 heterocycles. The fourth-order valence-corrected chi connectivity index (χ4v) is 4.72. The standard InChI is InChI=1S/C27H54N2O2/c1-4-6-8-10-12-14-16-18-20-24(26(28)30)22-23(3)25(27(29)31)21-19-17-15-13-11-9-7-5-2/h23-25H,4-22H2,1-3H3,(H2,28,30)(H2,29,31). The van der Waals surface area contributed by atoms with Crippen molar-refractivity contribution in [3.63, 3.8) is 0 Å². The molecule has 0 aliphatic heterocycles. The Balaban J connectivity index is 4.18. The zero-order valence-electron chi connectivity index (χ0n) is 21.1. The van der Waals surface area contributed by atoms with Gasteiger partial charge in [0.2, 0.25) is 11.8 Å². The van der Waals surface area contributed by atoms with Gasteiger partial charge in [0, 0.05) is 11.8 Å². The first kappa shape index (κ1) is 29.9. The summed E-state index contributed by atoms with van der Waals surface area (Å²) in [6, 6.07) is 0. The summed E-state index contributed by atoms with van der Waals surface area (Å²) in [5, 5.41) is 0. The van der Waals surface area contributed by atoms with Gasteiger partial charge in [0.05, 0.1) is 0 Å². The van der Waals surface area contributed by atoms with Crippen LogP contribution in [0.1, 0.15) is 143 Å². The lowest BCUT2D eigenvalue weighted by Gasteiger charge is -2.24. The number of primary amides is 2. The number of hydrogen-bond acceptors (Lipinski definition) is 2. The van der Waals surface area contributed by atoms with Crippen molar-refractivity contribution < 1.29 is 9.59 Å². The first-order chi connectivity index (χ1) is 14.9. The second-order valence-electron chi connectivity index (χ2n) is 9.85. The van der Waals surface area contributed by atoms with Crippen LogP contribution in [0.5, 0.6) is 0 Å². The molecule has 4 heteroatoms. The Morgan fingerprint density at radius 2 is 0.968 bits per heavy atom. The Kier molecular flexibility index (Phi) is 20.1. The monoisotopic (exact) mass is 438 g/mol.